The summed E-state index contributed by atoms with van der Waals surface area (Å²) in [6.45, 7) is 2.64. The highest BCUT2D eigenvalue weighted by Crippen LogP contribution is 2.35. The van der Waals surface area contributed by atoms with E-state index in [1.54, 1.807) is 23.0 Å². The van der Waals surface area contributed by atoms with Gasteiger partial charge in [0.2, 0.25) is 5.95 Å². The zero-order valence-corrected chi connectivity index (χ0v) is 16.2. The van der Waals surface area contributed by atoms with Crippen LogP contribution in [-0.4, -0.2) is 38.2 Å². The van der Waals surface area contributed by atoms with Gasteiger partial charge in [0.15, 0.2) is 0 Å². The van der Waals surface area contributed by atoms with Crippen molar-refractivity contribution in [2.75, 3.05) is 11.4 Å². The molecule has 0 unspecified atom stereocenters. The number of likely N-dealkylation sites (N-methyl/N-ethyl adjacent to an activating group) is 1. The molecule has 4 rings (SSSR count). The van der Waals surface area contributed by atoms with Crippen LogP contribution in [0, 0.1) is 5.82 Å². The number of rotatable bonds is 5. The Labute approximate surface area is 166 Å². The predicted octanol–water partition coefficient (Wildman–Crippen LogP) is 3.69. The standard InChI is InChI=1S/C20H20ClFN4O2/c1-2-25(20-23-9-12(21)10-24-20)14-4-6-18-16(8-14)15-7-13(22)3-5-17(15)26(18)11-19(27)28/h3,5,7,9-10,14H,2,4,6,8,11H2,1H3,(H,27,28)/t14-/m0/s1. The number of halogens is 2. The summed E-state index contributed by atoms with van der Waals surface area (Å²) in [5.74, 6) is -0.616. The highest BCUT2D eigenvalue weighted by molar-refractivity contribution is 6.30. The van der Waals surface area contributed by atoms with Gasteiger partial charge in [0.05, 0.1) is 17.4 Å². The summed E-state index contributed by atoms with van der Waals surface area (Å²) in [4.78, 5) is 22.2. The van der Waals surface area contributed by atoms with Crippen molar-refractivity contribution in [1.82, 2.24) is 14.5 Å². The van der Waals surface area contributed by atoms with Crippen molar-refractivity contribution < 1.29 is 14.3 Å². The van der Waals surface area contributed by atoms with E-state index >= 15 is 0 Å². The van der Waals surface area contributed by atoms with Crippen molar-refractivity contribution in [2.24, 2.45) is 0 Å². The van der Waals surface area contributed by atoms with Crippen LogP contribution in [0.25, 0.3) is 10.9 Å². The molecule has 0 saturated heterocycles. The zero-order valence-electron chi connectivity index (χ0n) is 15.4. The molecule has 1 atom stereocenters. The fourth-order valence-corrected chi connectivity index (χ4v) is 4.30. The van der Waals surface area contributed by atoms with Crippen molar-refractivity contribution in [3.05, 3.63) is 52.7 Å². The lowest BCUT2D eigenvalue weighted by atomic mass is 9.90. The van der Waals surface area contributed by atoms with Gasteiger partial charge in [0.1, 0.15) is 12.4 Å². The van der Waals surface area contributed by atoms with E-state index in [1.807, 2.05) is 6.92 Å². The van der Waals surface area contributed by atoms with Gasteiger partial charge in [-0.15, -0.1) is 0 Å². The normalized spacial score (nSPS) is 16.2. The molecule has 28 heavy (non-hydrogen) atoms. The summed E-state index contributed by atoms with van der Waals surface area (Å²) in [6, 6.07) is 4.69. The summed E-state index contributed by atoms with van der Waals surface area (Å²) in [5.41, 5.74) is 2.76. The van der Waals surface area contributed by atoms with Crippen LogP contribution in [0.4, 0.5) is 10.3 Å². The number of fused-ring (bicyclic) bond motifs is 3. The summed E-state index contributed by atoms with van der Waals surface area (Å²) in [5, 5.41) is 10.6. The minimum atomic E-state index is -0.907. The molecule has 0 fully saturated rings. The van der Waals surface area contributed by atoms with Gasteiger partial charge in [-0.25, -0.2) is 14.4 Å². The molecule has 3 aromatic rings. The topological polar surface area (TPSA) is 71.2 Å². The van der Waals surface area contributed by atoms with Gasteiger partial charge in [-0.05, 0) is 49.9 Å². The van der Waals surface area contributed by atoms with Crippen LogP contribution >= 0.6 is 11.6 Å². The zero-order chi connectivity index (χ0) is 19.8. The maximum atomic E-state index is 13.9. The fourth-order valence-electron chi connectivity index (χ4n) is 4.20. The van der Waals surface area contributed by atoms with E-state index in [9.17, 15) is 14.3 Å². The van der Waals surface area contributed by atoms with E-state index in [1.165, 1.54) is 12.1 Å². The summed E-state index contributed by atoms with van der Waals surface area (Å²) in [7, 11) is 0. The molecule has 0 radical (unpaired) electrons. The van der Waals surface area contributed by atoms with Gasteiger partial charge in [0, 0.05) is 29.2 Å². The Morgan fingerprint density at radius 3 is 2.82 bits per heavy atom. The first-order chi connectivity index (χ1) is 13.5. The number of aliphatic carboxylic acids is 1. The third-order valence-corrected chi connectivity index (χ3v) is 5.54. The Bertz CT molecular complexity index is 1030. The van der Waals surface area contributed by atoms with Crippen LogP contribution in [0.15, 0.2) is 30.6 Å². The van der Waals surface area contributed by atoms with Crippen LogP contribution in [0.5, 0.6) is 0 Å². The number of aromatic nitrogens is 3. The van der Waals surface area contributed by atoms with Gasteiger partial charge in [-0.2, -0.15) is 0 Å². The third-order valence-electron chi connectivity index (χ3n) is 5.34. The largest absolute Gasteiger partial charge is 0.480 e. The van der Waals surface area contributed by atoms with E-state index in [-0.39, 0.29) is 18.4 Å². The van der Waals surface area contributed by atoms with Crippen molar-refractivity contribution in [2.45, 2.75) is 38.8 Å². The van der Waals surface area contributed by atoms with E-state index in [2.05, 4.69) is 14.9 Å². The maximum absolute atomic E-state index is 13.9. The number of hydrogen-bond donors (Lipinski definition) is 1. The van der Waals surface area contributed by atoms with Gasteiger partial charge < -0.3 is 14.6 Å². The number of anilines is 1. The molecule has 1 aliphatic carbocycles. The Balaban J connectivity index is 1.75. The molecule has 146 valence electrons. The Hall–Kier alpha value is -2.67. The molecule has 1 N–H and O–H groups in total. The van der Waals surface area contributed by atoms with Gasteiger partial charge >= 0.3 is 5.97 Å². The second-order valence-corrected chi connectivity index (χ2v) is 7.39. The molecule has 0 bridgehead atoms. The molecule has 1 aromatic carbocycles. The maximum Gasteiger partial charge on any atom is 0.323 e. The van der Waals surface area contributed by atoms with Crippen LogP contribution < -0.4 is 4.90 Å². The molecule has 8 heteroatoms. The quantitative estimate of drug-likeness (QED) is 0.704. The Morgan fingerprint density at radius 2 is 2.14 bits per heavy atom. The number of carboxylic acid groups (broad SMARTS) is 1. The lowest BCUT2D eigenvalue weighted by Crippen LogP contribution is -2.40. The fraction of sp³-hybridized carbons (Fsp3) is 0.350. The summed E-state index contributed by atoms with van der Waals surface area (Å²) >= 11 is 5.91. The van der Waals surface area contributed by atoms with Crippen LogP contribution in [0.3, 0.4) is 0 Å². The first-order valence-electron chi connectivity index (χ1n) is 9.23. The summed E-state index contributed by atoms with van der Waals surface area (Å²) < 4.78 is 15.7. The molecule has 2 aromatic heterocycles. The number of benzene rings is 1. The molecular formula is C20H20ClFN4O2. The molecule has 1 aliphatic rings. The second kappa shape index (κ2) is 7.39. The van der Waals surface area contributed by atoms with Crippen molar-refractivity contribution >= 4 is 34.4 Å². The van der Waals surface area contributed by atoms with Crippen LogP contribution in [0.2, 0.25) is 5.02 Å². The van der Waals surface area contributed by atoms with Crippen molar-refractivity contribution in [3.63, 3.8) is 0 Å². The predicted molar refractivity (Wildman–Crippen MR) is 105 cm³/mol. The monoisotopic (exact) mass is 402 g/mol. The molecular weight excluding hydrogens is 383 g/mol. The Morgan fingerprint density at radius 1 is 1.39 bits per heavy atom. The third kappa shape index (κ3) is 3.30. The average molecular weight is 403 g/mol. The highest BCUT2D eigenvalue weighted by atomic mass is 35.5. The number of carboxylic acids is 1. The number of carbonyl (C=O) groups is 1. The van der Waals surface area contributed by atoms with Crippen molar-refractivity contribution in [1.29, 1.82) is 0 Å². The van der Waals surface area contributed by atoms with Crippen LogP contribution in [-0.2, 0) is 24.2 Å². The van der Waals surface area contributed by atoms with E-state index in [0.717, 1.165) is 35.1 Å². The molecule has 0 saturated carbocycles. The molecule has 0 amide bonds. The second-order valence-electron chi connectivity index (χ2n) is 6.95. The first-order valence-corrected chi connectivity index (χ1v) is 9.61. The number of nitrogens with zero attached hydrogens (tertiary/aromatic N) is 4. The van der Waals surface area contributed by atoms with Gasteiger partial charge in [0.25, 0.3) is 0 Å². The molecule has 0 aliphatic heterocycles. The van der Waals surface area contributed by atoms with Crippen LogP contribution in [0.1, 0.15) is 24.6 Å². The average Bonchev–Trinajstić information content (AvgIpc) is 2.96. The van der Waals surface area contributed by atoms with Gasteiger partial charge in [-0.1, -0.05) is 11.6 Å². The lowest BCUT2D eigenvalue weighted by molar-refractivity contribution is -0.137. The first kappa shape index (κ1) is 18.7. The van der Waals surface area contributed by atoms with E-state index in [4.69, 9.17) is 11.6 Å². The number of hydrogen-bond acceptors (Lipinski definition) is 4. The van der Waals surface area contributed by atoms with E-state index < -0.39 is 5.97 Å². The van der Waals surface area contributed by atoms with E-state index in [0.29, 0.717) is 23.8 Å². The minimum Gasteiger partial charge on any atom is -0.480 e. The highest BCUT2D eigenvalue weighted by Gasteiger charge is 2.30. The lowest BCUT2D eigenvalue weighted by Gasteiger charge is -2.34. The summed E-state index contributed by atoms with van der Waals surface area (Å²) in [6.07, 6.45) is 5.39. The molecule has 6 nitrogen and oxygen atoms in total. The molecule has 0 spiro atoms. The minimum absolute atomic E-state index is 0.125. The molecule has 2 heterocycles. The smallest absolute Gasteiger partial charge is 0.323 e. The Kier molecular flexibility index (Phi) is 4.93. The SMILES string of the molecule is CCN(c1ncc(Cl)cn1)[C@H]1CCc2c(c3cc(F)ccc3n2CC(=O)O)C1. The van der Waals surface area contributed by atoms with Crippen molar-refractivity contribution in [3.8, 4) is 0 Å². The van der Waals surface area contributed by atoms with Gasteiger partial charge in [-0.3, -0.25) is 4.79 Å².